The number of aromatic nitrogens is 1. The van der Waals surface area contributed by atoms with Crippen LogP contribution in [0.15, 0.2) is 34.8 Å². The molecule has 0 aliphatic heterocycles. The number of fused-ring (bicyclic) bond motifs is 3. The van der Waals surface area contributed by atoms with E-state index in [1.54, 1.807) is 0 Å². The second-order valence-electron chi connectivity index (χ2n) is 6.93. The smallest absolute Gasteiger partial charge is 0.198 e. The molecule has 0 spiro atoms. The van der Waals surface area contributed by atoms with Crippen LogP contribution >= 0.6 is 0 Å². The molecule has 3 aliphatic carbocycles. The molecule has 1 aromatic heterocycles. The highest BCUT2D eigenvalue weighted by atomic mass is 16.3. The Kier molecular flexibility index (Phi) is 2.46. The van der Waals surface area contributed by atoms with Gasteiger partial charge in [-0.2, -0.15) is 0 Å². The minimum Gasteiger partial charge on any atom is -0.440 e. The maximum absolute atomic E-state index is 5.82. The van der Waals surface area contributed by atoms with Crippen LogP contribution in [-0.2, 0) is 0 Å². The van der Waals surface area contributed by atoms with E-state index in [-0.39, 0.29) is 0 Å². The fourth-order valence-corrected chi connectivity index (χ4v) is 3.94. The summed E-state index contributed by atoms with van der Waals surface area (Å²) < 4.78 is 5.82. The highest BCUT2D eigenvalue weighted by Gasteiger charge is 2.35. The van der Waals surface area contributed by atoms with Crippen molar-refractivity contribution < 1.29 is 4.42 Å². The van der Waals surface area contributed by atoms with Crippen molar-refractivity contribution in [2.75, 3.05) is 11.9 Å². The van der Waals surface area contributed by atoms with Crippen molar-refractivity contribution in [2.24, 2.45) is 17.8 Å². The Morgan fingerprint density at radius 1 is 1.19 bits per heavy atom. The van der Waals surface area contributed by atoms with Crippen LogP contribution in [0.3, 0.4) is 0 Å². The molecule has 0 amide bonds. The molecular weight excluding hydrogens is 260 g/mol. The number of nitrogens with one attached hydrogen (secondary N) is 1. The van der Waals surface area contributed by atoms with Gasteiger partial charge in [0.1, 0.15) is 5.52 Å². The summed E-state index contributed by atoms with van der Waals surface area (Å²) in [6, 6.07) is 6.30. The lowest BCUT2D eigenvalue weighted by molar-refractivity contribution is 0.472. The molecule has 3 heteroatoms. The molecule has 0 radical (unpaired) electrons. The van der Waals surface area contributed by atoms with Gasteiger partial charge in [-0.3, -0.25) is 0 Å². The van der Waals surface area contributed by atoms with Gasteiger partial charge in [-0.25, -0.2) is 4.98 Å². The van der Waals surface area contributed by atoms with Crippen molar-refractivity contribution in [1.29, 1.82) is 0 Å². The molecule has 0 saturated heterocycles. The number of rotatable bonds is 4. The van der Waals surface area contributed by atoms with Crippen molar-refractivity contribution in [1.82, 2.24) is 4.98 Å². The maximum atomic E-state index is 5.82. The number of nitrogens with zero attached hydrogens (tertiary/aromatic N) is 1. The summed E-state index contributed by atoms with van der Waals surface area (Å²) in [6.07, 6.45) is 10.0. The average Bonchev–Trinajstić information content (AvgIpc) is 2.96. The van der Waals surface area contributed by atoms with Gasteiger partial charge in [0.25, 0.3) is 0 Å². The summed E-state index contributed by atoms with van der Waals surface area (Å²) >= 11 is 0. The molecule has 3 aliphatic rings. The van der Waals surface area contributed by atoms with E-state index in [1.807, 2.05) is 0 Å². The highest BCUT2D eigenvalue weighted by molar-refractivity contribution is 5.77. The number of anilines is 1. The largest absolute Gasteiger partial charge is 0.440 e. The number of oxazole rings is 1. The van der Waals surface area contributed by atoms with Crippen LogP contribution in [-0.4, -0.2) is 11.5 Å². The van der Waals surface area contributed by atoms with Gasteiger partial charge in [0.2, 0.25) is 0 Å². The molecule has 2 aromatic rings. The van der Waals surface area contributed by atoms with E-state index in [1.165, 1.54) is 31.4 Å². The molecule has 2 bridgehead atoms. The van der Waals surface area contributed by atoms with Gasteiger partial charge in [-0.05, 0) is 61.6 Å². The van der Waals surface area contributed by atoms with Gasteiger partial charge >= 0.3 is 0 Å². The third-order valence-electron chi connectivity index (χ3n) is 5.32. The Hall–Kier alpha value is -1.77. The van der Waals surface area contributed by atoms with Crippen LogP contribution in [0, 0.1) is 17.8 Å². The highest BCUT2D eigenvalue weighted by Crippen LogP contribution is 2.43. The topological polar surface area (TPSA) is 38.1 Å². The molecule has 5 rings (SSSR count). The number of hydrogen-bond donors (Lipinski definition) is 1. The van der Waals surface area contributed by atoms with E-state index in [9.17, 15) is 0 Å². The molecule has 1 N–H and O–H groups in total. The molecule has 3 nitrogen and oxygen atoms in total. The zero-order valence-electron chi connectivity index (χ0n) is 12.1. The van der Waals surface area contributed by atoms with Crippen LogP contribution in [0.25, 0.3) is 11.1 Å². The second kappa shape index (κ2) is 4.36. The summed E-state index contributed by atoms with van der Waals surface area (Å²) in [6.45, 7) is 1.07. The molecule has 1 aromatic carbocycles. The summed E-state index contributed by atoms with van der Waals surface area (Å²) in [4.78, 5) is 4.64. The van der Waals surface area contributed by atoms with Crippen molar-refractivity contribution in [3.8, 4) is 0 Å². The summed E-state index contributed by atoms with van der Waals surface area (Å²) in [7, 11) is 0. The third kappa shape index (κ3) is 2.06. The monoisotopic (exact) mass is 280 g/mol. The van der Waals surface area contributed by atoms with Gasteiger partial charge in [0, 0.05) is 18.2 Å². The molecule has 3 atom stereocenters. The van der Waals surface area contributed by atoms with E-state index in [2.05, 4.69) is 40.7 Å². The Morgan fingerprint density at radius 2 is 2.14 bits per heavy atom. The Morgan fingerprint density at radius 3 is 2.90 bits per heavy atom. The zero-order valence-corrected chi connectivity index (χ0v) is 12.1. The molecule has 1 heterocycles. The predicted octanol–water partition coefficient (Wildman–Crippen LogP) is 4.33. The van der Waals surface area contributed by atoms with Crippen molar-refractivity contribution in [3.05, 3.63) is 36.2 Å². The summed E-state index contributed by atoms with van der Waals surface area (Å²) in [5, 5.41) is 3.60. The number of hydrogen-bond acceptors (Lipinski definition) is 3. The molecular formula is C18H20N2O. The van der Waals surface area contributed by atoms with E-state index in [0.717, 1.165) is 41.3 Å². The third-order valence-corrected chi connectivity index (χ3v) is 5.32. The fourth-order valence-electron chi connectivity index (χ4n) is 3.94. The molecule has 2 saturated carbocycles. The van der Waals surface area contributed by atoms with Crippen LogP contribution in [0.5, 0.6) is 0 Å². The molecule has 108 valence electrons. The van der Waals surface area contributed by atoms with Crippen molar-refractivity contribution >= 4 is 16.8 Å². The first-order valence-corrected chi connectivity index (χ1v) is 8.18. The minimum atomic E-state index is 0.578. The van der Waals surface area contributed by atoms with Gasteiger partial charge in [-0.15, -0.1) is 0 Å². The van der Waals surface area contributed by atoms with Gasteiger partial charge in [0.05, 0.1) is 0 Å². The lowest BCUT2D eigenvalue weighted by atomic mass is 9.93. The number of benzene rings is 1. The van der Waals surface area contributed by atoms with Crippen LogP contribution < -0.4 is 5.32 Å². The summed E-state index contributed by atoms with van der Waals surface area (Å²) in [5.41, 5.74) is 3.09. The lowest BCUT2D eigenvalue weighted by Gasteiger charge is -2.19. The van der Waals surface area contributed by atoms with Crippen LogP contribution in [0.2, 0.25) is 0 Å². The lowest BCUT2D eigenvalue weighted by Crippen LogP contribution is -2.18. The van der Waals surface area contributed by atoms with E-state index in [0.29, 0.717) is 5.92 Å². The SMILES string of the molecule is C1=CC2CC1CC2CNc1ccc2oc(C3CC3)nc2c1. The Labute approximate surface area is 124 Å². The van der Waals surface area contributed by atoms with Gasteiger partial charge in [-0.1, -0.05) is 12.2 Å². The Bertz CT molecular complexity index is 713. The van der Waals surface area contributed by atoms with Gasteiger partial charge in [0.15, 0.2) is 11.5 Å². The normalized spacial score (nSPS) is 30.4. The fraction of sp³-hybridized carbons (Fsp3) is 0.500. The summed E-state index contributed by atoms with van der Waals surface area (Å²) in [5.74, 6) is 3.96. The van der Waals surface area contributed by atoms with Crippen molar-refractivity contribution in [2.45, 2.75) is 31.6 Å². The first kappa shape index (κ1) is 11.8. The number of allylic oxidation sites excluding steroid dienone is 2. The van der Waals surface area contributed by atoms with Crippen LogP contribution in [0.1, 0.15) is 37.5 Å². The molecule has 2 fully saturated rings. The first-order chi connectivity index (χ1) is 10.3. The average molecular weight is 280 g/mol. The molecule has 3 unspecified atom stereocenters. The zero-order chi connectivity index (χ0) is 13.8. The standard InChI is InChI=1S/C18H20N2O/c1-2-13-7-11(1)8-14(13)10-19-15-5-6-17-16(9-15)20-18(21-17)12-3-4-12/h1-2,5-6,9,11-14,19H,3-4,7-8,10H2. The molecule has 21 heavy (non-hydrogen) atoms. The van der Waals surface area contributed by atoms with Crippen molar-refractivity contribution in [3.63, 3.8) is 0 Å². The second-order valence-corrected chi connectivity index (χ2v) is 6.93. The van der Waals surface area contributed by atoms with E-state index < -0.39 is 0 Å². The Balaban J connectivity index is 1.32. The van der Waals surface area contributed by atoms with E-state index >= 15 is 0 Å². The van der Waals surface area contributed by atoms with Crippen LogP contribution in [0.4, 0.5) is 5.69 Å². The predicted molar refractivity (Wildman–Crippen MR) is 83.3 cm³/mol. The minimum absolute atomic E-state index is 0.578. The maximum Gasteiger partial charge on any atom is 0.198 e. The van der Waals surface area contributed by atoms with Gasteiger partial charge < -0.3 is 9.73 Å². The quantitative estimate of drug-likeness (QED) is 0.847. The first-order valence-electron chi connectivity index (χ1n) is 8.18. The van der Waals surface area contributed by atoms with E-state index in [4.69, 9.17) is 4.42 Å².